The van der Waals surface area contributed by atoms with Gasteiger partial charge in [0.05, 0.1) is 38.7 Å². The molecule has 1 spiro atoms. The molecule has 3 aliphatic heterocycles. The van der Waals surface area contributed by atoms with Crippen LogP contribution < -0.4 is 19.7 Å². The van der Waals surface area contributed by atoms with Crippen molar-refractivity contribution < 1.29 is 23.8 Å². The van der Waals surface area contributed by atoms with Gasteiger partial charge in [-0.1, -0.05) is 12.2 Å². The van der Waals surface area contributed by atoms with Crippen LogP contribution >= 0.6 is 0 Å². The van der Waals surface area contributed by atoms with E-state index < -0.39 is 23.5 Å². The Balaban J connectivity index is 1.39. The lowest BCUT2D eigenvalue weighted by Crippen LogP contribution is -2.41. The Hall–Kier alpha value is -3.32. The van der Waals surface area contributed by atoms with Gasteiger partial charge in [-0.15, -0.1) is 0 Å². The predicted molar refractivity (Wildman–Crippen MR) is 111 cm³/mol. The quantitative estimate of drug-likeness (QED) is 0.773. The second-order valence-corrected chi connectivity index (χ2v) is 7.74. The van der Waals surface area contributed by atoms with Gasteiger partial charge in [0.1, 0.15) is 17.1 Å². The number of hydrogen-bond acceptors (Lipinski definition) is 5. The van der Waals surface area contributed by atoms with Crippen LogP contribution in [0.1, 0.15) is 0 Å². The first-order chi connectivity index (χ1) is 14.5. The van der Waals surface area contributed by atoms with Gasteiger partial charge in [-0.25, -0.2) is 0 Å². The van der Waals surface area contributed by atoms with Crippen LogP contribution in [0.25, 0.3) is 0 Å². The second kappa shape index (κ2) is 6.88. The Bertz CT molecular complexity index is 1020. The molecule has 2 bridgehead atoms. The molecule has 0 radical (unpaired) electrons. The third kappa shape index (κ3) is 2.77. The Morgan fingerprint density at radius 3 is 2.33 bits per heavy atom. The molecule has 0 aromatic heterocycles. The first kappa shape index (κ1) is 18.7. The Kier molecular flexibility index (Phi) is 4.29. The smallest absolute Gasteiger partial charge is 0.234 e. The summed E-state index contributed by atoms with van der Waals surface area (Å²) in [7, 11) is 3.19. The molecule has 2 saturated heterocycles. The normalized spacial score (nSPS) is 28.5. The van der Waals surface area contributed by atoms with Crippen molar-refractivity contribution in [3.05, 3.63) is 60.7 Å². The number of fused-ring (bicyclic) bond motifs is 1. The molecule has 0 unspecified atom stereocenters. The number of carbonyl (C=O) groups excluding carboxylic acids is 2. The summed E-state index contributed by atoms with van der Waals surface area (Å²) < 4.78 is 16.5. The summed E-state index contributed by atoms with van der Waals surface area (Å²) in [5.41, 5.74) is 0.655. The van der Waals surface area contributed by atoms with Crippen LogP contribution in [0.2, 0.25) is 0 Å². The first-order valence-corrected chi connectivity index (χ1v) is 9.82. The number of carbonyl (C=O) groups is 2. The average Bonchev–Trinajstić information content (AvgIpc) is 3.42. The zero-order chi connectivity index (χ0) is 20.9. The van der Waals surface area contributed by atoms with E-state index in [2.05, 4.69) is 5.32 Å². The fraction of sp³-hybridized carbons (Fsp3) is 0.304. The molecular weight excluding hydrogens is 384 g/mol. The maximum Gasteiger partial charge on any atom is 0.234 e. The van der Waals surface area contributed by atoms with Gasteiger partial charge in [0.25, 0.3) is 0 Å². The third-order valence-corrected chi connectivity index (χ3v) is 6.14. The van der Waals surface area contributed by atoms with Crippen LogP contribution in [0.15, 0.2) is 60.7 Å². The van der Waals surface area contributed by atoms with Gasteiger partial charge in [0, 0.05) is 11.4 Å². The van der Waals surface area contributed by atoms with Crippen LogP contribution in [0.3, 0.4) is 0 Å². The Morgan fingerprint density at radius 1 is 1.07 bits per heavy atom. The van der Waals surface area contributed by atoms with Crippen molar-refractivity contribution in [3.8, 4) is 11.5 Å². The van der Waals surface area contributed by atoms with E-state index in [1.165, 1.54) is 0 Å². The van der Waals surface area contributed by atoms with Crippen LogP contribution in [-0.4, -0.2) is 44.3 Å². The summed E-state index contributed by atoms with van der Waals surface area (Å²) >= 11 is 0. The number of benzene rings is 2. The predicted octanol–water partition coefficient (Wildman–Crippen LogP) is 2.63. The Morgan fingerprint density at radius 2 is 1.70 bits per heavy atom. The summed E-state index contributed by atoms with van der Waals surface area (Å²) in [4.78, 5) is 28.2. The number of ether oxygens (including phenoxy) is 3. The maximum absolute atomic E-state index is 13.4. The molecule has 2 amide bonds. The molecule has 4 atom stereocenters. The highest BCUT2D eigenvalue weighted by Crippen LogP contribution is 2.52. The van der Waals surface area contributed by atoms with Crippen LogP contribution in [0, 0.1) is 11.8 Å². The minimum atomic E-state index is -0.760. The van der Waals surface area contributed by atoms with Gasteiger partial charge in [0.15, 0.2) is 0 Å². The standard InChI is InChI=1S/C23H22N2O5/c1-28-16-7-3-14(4-8-16)24-21(26)19-18-11-12-23(30-18)13-25(22(27)20(19)23)15-5-9-17(29-2)10-6-15/h3-12,18-20H,13H2,1-2H3,(H,24,26)/t18-,19+,20-,23-/m1/s1. The molecule has 2 fully saturated rings. The van der Waals surface area contributed by atoms with Crippen molar-refractivity contribution >= 4 is 23.2 Å². The van der Waals surface area contributed by atoms with E-state index in [0.29, 0.717) is 18.0 Å². The molecule has 30 heavy (non-hydrogen) atoms. The zero-order valence-electron chi connectivity index (χ0n) is 16.7. The van der Waals surface area contributed by atoms with Crippen molar-refractivity contribution in [1.82, 2.24) is 0 Å². The topological polar surface area (TPSA) is 77.1 Å². The molecule has 2 aromatic carbocycles. The number of amides is 2. The number of nitrogens with zero attached hydrogens (tertiary/aromatic N) is 1. The average molecular weight is 406 g/mol. The summed E-state index contributed by atoms with van der Waals surface area (Å²) in [6.45, 7) is 0.391. The fourth-order valence-electron chi connectivity index (χ4n) is 4.68. The molecule has 5 rings (SSSR count). The van der Waals surface area contributed by atoms with Crippen molar-refractivity contribution in [2.24, 2.45) is 11.8 Å². The monoisotopic (exact) mass is 406 g/mol. The van der Waals surface area contributed by atoms with E-state index in [1.54, 1.807) is 43.4 Å². The third-order valence-electron chi connectivity index (χ3n) is 6.14. The summed E-state index contributed by atoms with van der Waals surface area (Å²) in [6, 6.07) is 14.4. The minimum absolute atomic E-state index is 0.0955. The van der Waals surface area contributed by atoms with E-state index in [0.717, 1.165) is 11.4 Å². The van der Waals surface area contributed by atoms with Crippen molar-refractivity contribution in [1.29, 1.82) is 0 Å². The van der Waals surface area contributed by atoms with Crippen LogP contribution in [0.5, 0.6) is 11.5 Å². The summed E-state index contributed by atoms with van der Waals surface area (Å²) in [6.07, 6.45) is 3.45. The molecule has 2 aromatic rings. The van der Waals surface area contributed by atoms with Gasteiger partial charge < -0.3 is 24.4 Å². The highest BCUT2D eigenvalue weighted by atomic mass is 16.5. The maximum atomic E-state index is 13.4. The lowest BCUT2D eigenvalue weighted by Gasteiger charge is -2.23. The molecule has 0 saturated carbocycles. The number of anilines is 2. The molecule has 7 nitrogen and oxygen atoms in total. The molecule has 3 heterocycles. The van der Waals surface area contributed by atoms with Crippen molar-refractivity contribution in [3.63, 3.8) is 0 Å². The van der Waals surface area contributed by atoms with Gasteiger partial charge in [-0.3, -0.25) is 9.59 Å². The largest absolute Gasteiger partial charge is 0.497 e. The zero-order valence-corrected chi connectivity index (χ0v) is 16.7. The lowest BCUT2D eigenvalue weighted by atomic mass is 9.77. The molecule has 7 heteroatoms. The molecule has 0 aliphatic carbocycles. The van der Waals surface area contributed by atoms with E-state index in [4.69, 9.17) is 14.2 Å². The first-order valence-electron chi connectivity index (χ1n) is 9.82. The van der Waals surface area contributed by atoms with E-state index in [1.807, 2.05) is 36.4 Å². The number of nitrogens with one attached hydrogen (secondary N) is 1. The van der Waals surface area contributed by atoms with Crippen molar-refractivity contribution in [2.45, 2.75) is 11.7 Å². The highest BCUT2D eigenvalue weighted by molar-refractivity contribution is 6.05. The van der Waals surface area contributed by atoms with E-state index in [-0.39, 0.29) is 11.8 Å². The minimum Gasteiger partial charge on any atom is -0.497 e. The van der Waals surface area contributed by atoms with Gasteiger partial charge in [-0.05, 0) is 48.5 Å². The van der Waals surface area contributed by atoms with Crippen LogP contribution in [-0.2, 0) is 14.3 Å². The highest BCUT2D eigenvalue weighted by Gasteiger charge is 2.67. The van der Waals surface area contributed by atoms with E-state index in [9.17, 15) is 9.59 Å². The van der Waals surface area contributed by atoms with Gasteiger partial charge in [-0.2, -0.15) is 0 Å². The van der Waals surface area contributed by atoms with Gasteiger partial charge >= 0.3 is 0 Å². The molecule has 1 N–H and O–H groups in total. The number of methoxy groups -OCH3 is 2. The van der Waals surface area contributed by atoms with Crippen molar-refractivity contribution in [2.75, 3.05) is 31.0 Å². The van der Waals surface area contributed by atoms with Gasteiger partial charge in [0.2, 0.25) is 11.8 Å². The summed E-state index contributed by atoms with van der Waals surface area (Å²) in [5.74, 6) is -0.00857. The molecule has 3 aliphatic rings. The van der Waals surface area contributed by atoms with Crippen LogP contribution in [0.4, 0.5) is 11.4 Å². The summed E-state index contributed by atoms with van der Waals surface area (Å²) in [5, 5.41) is 2.92. The van der Waals surface area contributed by atoms with E-state index >= 15 is 0 Å². The number of hydrogen-bond donors (Lipinski definition) is 1. The Labute approximate surface area is 174 Å². The molecular formula is C23H22N2O5. The molecule has 154 valence electrons. The number of rotatable bonds is 5. The lowest BCUT2D eigenvalue weighted by molar-refractivity contribution is -0.128. The SMILES string of the molecule is COc1ccc(NC(=O)[C@H]2[C@H]3C=C[C@]4(CN(c5ccc(OC)cc5)C(=O)[C@@H]24)O3)cc1. The second-order valence-electron chi connectivity index (χ2n) is 7.74. The fourth-order valence-corrected chi connectivity index (χ4v) is 4.68.